The quantitative estimate of drug-likeness (QED) is 0.377. The van der Waals surface area contributed by atoms with Crippen molar-refractivity contribution in [1.82, 2.24) is 9.21 Å². The highest BCUT2D eigenvalue weighted by molar-refractivity contribution is 7.89. The van der Waals surface area contributed by atoms with Gasteiger partial charge in [-0.2, -0.15) is 4.31 Å². The van der Waals surface area contributed by atoms with Crippen LogP contribution in [0.15, 0.2) is 64.9 Å². The molecule has 0 aliphatic carbocycles. The summed E-state index contributed by atoms with van der Waals surface area (Å²) in [6.45, 7) is 8.35. The van der Waals surface area contributed by atoms with Crippen molar-refractivity contribution in [3.63, 3.8) is 0 Å². The fraction of sp³-hybridized carbons (Fsp3) is 0.393. The standard InChI is InChI=1S/C28H34N2O4S2/c1-5-22(4)30(36(32,33)23-12-10-20(2)11-13-23)18-28(31)29-16-14-27-24(15-17-35-27)25(29)19-34-26-9-7-6-8-21(26)3/h6-13,15,17,22,25H,5,14,16,18-19H2,1-4H3. The number of hydrogen-bond acceptors (Lipinski definition) is 5. The van der Waals surface area contributed by atoms with Gasteiger partial charge in [-0.25, -0.2) is 8.42 Å². The van der Waals surface area contributed by atoms with E-state index in [0.717, 1.165) is 28.9 Å². The van der Waals surface area contributed by atoms with Gasteiger partial charge in [0.05, 0.1) is 17.5 Å². The molecule has 0 fully saturated rings. The van der Waals surface area contributed by atoms with Gasteiger partial charge < -0.3 is 9.64 Å². The number of rotatable bonds is 9. The average Bonchev–Trinajstić information content (AvgIpc) is 3.35. The summed E-state index contributed by atoms with van der Waals surface area (Å²) in [5.74, 6) is 0.580. The van der Waals surface area contributed by atoms with Crippen LogP contribution in [-0.4, -0.2) is 49.3 Å². The van der Waals surface area contributed by atoms with Crippen LogP contribution in [0, 0.1) is 13.8 Å². The topological polar surface area (TPSA) is 66.9 Å². The Labute approximate surface area is 218 Å². The van der Waals surface area contributed by atoms with E-state index in [2.05, 4.69) is 6.07 Å². The molecule has 2 aromatic carbocycles. The molecule has 2 unspecified atom stereocenters. The number of thiophene rings is 1. The molecule has 8 heteroatoms. The van der Waals surface area contributed by atoms with Crippen molar-refractivity contribution in [2.24, 2.45) is 0 Å². The molecule has 1 amide bonds. The molecule has 0 radical (unpaired) electrons. The maximum Gasteiger partial charge on any atom is 0.243 e. The predicted molar refractivity (Wildman–Crippen MR) is 144 cm³/mol. The van der Waals surface area contributed by atoms with Crippen LogP contribution in [-0.2, 0) is 21.2 Å². The van der Waals surface area contributed by atoms with Crippen molar-refractivity contribution in [1.29, 1.82) is 0 Å². The van der Waals surface area contributed by atoms with E-state index in [1.165, 1.54) is 9.18 Å². The Morgan fingerprint density at radius 3 is 2.56 bits per heavy atom. The minimum absolute atomic E-state index is 0.203. The Morgan fingerprint density at radius 1 is 1.14 bits per heavy atom. The maximum atomic E-state index is 13.7. The first kappa shape index (κ1) is 26.4. The number of ether oxygens (including phenoxy) is 1. The van der Waals surface area contributed by atoms with Gasteiger partial charge in [0, 0.05) is 17.5 Å². The molecule has 36 heavy (non-hydrogen) atoms. The fourth-order valence-corrected chi connectivity index (χ4v) is 7.10. The number of sulfonamides is 1. The molecule has 3 aromatic rings. The lowest BCUT2D eigenvalue weighted by Gasteiger charge is -2.37. The number of amides is 1. The van der Waals surface area contributed by atoms with E-state index >= 15 is 0 Å². The van der Waals surface area contributed by atoms with Gasteiger partial charge in [-0.3, -0.25) is 4.79 Å². The third-order valence-corrected chi connectivity index (χ3v) is 9.88. The Morgan fingerprint density at radius 2 is 1.86 bits per heavy atom. The fourth-order valence-electron chi connectivity index (χ4n) is 4.51. The van der Waals surface area contributed by atoms with Gasteiger partial charge in [0.1, 0.15) is 12.4 Å². The number of fused-ring (bicyclic) bond motifs is 1. The zero-order valence-electron chi connectivity index (χ0n) is 21.3. The zero-order chi connectivity index (χ0) is 25.9. The highest BCUT2D eigenvalue weighted by atomic mass is 32.2. The summed E-state index contributed by atoms with van der Waals surface area (Å²) >= 11 is 1.69. The van der Waals surface area contributed by atoms with Crippen molar-refractivity contribution in [3.05, 3.63) is 81.5 Å². The molecule has 2 atom stereocenters. The number of hydrogen-bond donors (Lipinski definition) is 0. The number of benzene rings is 2. The average molecular weight is 527 g/mol. The Kier molecular flexibility index (Phi) is 8.17. The monoisotopic (exact) mass is 526 g/mol. The van der Waals surface area contributed by atoms with E-state index in [9.17, 15) is 13.2 Å². The zero-order valence-corrected chi connectivity index (χ0v) is 22.9. The van der Waals surface area contributed by atoms with Gasteiger partial charge in [-0.1, -0.05) is 42.8 Å². The molecule has 0 saturated heterocycles. The second kappa shape index (κ2) is 11.2. The summed E-state index contributed by atoms with van der Waals surface area (Å²) in [6.07, 6.45) is 1.36. The van der Waals surface area contributed by atoms with Crippen LogP contribution in [0.4, 0.5) is 0 Å². The number of para-hydroxylation sites is 1. The van der Waals surface area contributed by atoms with E-state index in [-0.39, 0.29) is 29.4 Å². The van der Waals surface area contributed by atoms with Crippen molar-refractivity contribution in [2.45, 2.75) is 57.5 Å². The van der Waals surface area contributed by atoms with Gasteiger partial charge in [0.2, 0.25) is 15.9 Å². The summed E-state index contributed by atoms with van der Waals surface area (Å²) in [4.78, 5) is 17.0. The lowest BCUT2D eigenvalue weighted by atomic mass is 10.0. The van der Waals surface area contributed by atoms with Crippen molar-refractivity contribution >= 4 is 27.3 Å². The lowest BCUT2D eigenvalue weighted by Crippen LogP contribution is -2.49. The van der Waals surface area contributed by atoms with Crippen LogP contribution in [0.2, 0.25) is 0 Å². The molecule has 192 valence electrons. The third-order valence-electron chi connectivity index (χ3n) is 6.91. The first-order chi connectivity index (χ1) is 17.2. The molecule has 0 spiro atoms. The molecule has 0 saturated carbocycles. The first-order valence-electron chi connectivity index (χ1n) is 12.3. The molecular weight excluding hydrogens is 492 g/mol. The van der Waals surface area contributed by atoms with Crippen LogP contribution in [0.3, 0.4) is 0 Å². The minimum atomic E-state index is -3.83. The van der Waals surface area contributed by atoms with Gasteiger partial charge in [0.25, 0.3) is 0 Å². The molecule has 6 nitrogen and oxygen atoms in total. The molecule has 2 heterocycles. The molecule has 1 aliphatic rings. The Bertz CT molecular complexity index is 1300. The van der Waals surface area contributed by atoms with Gasteiger partial charge >= 0.3 is 0 Å². The van der Waals surface area contributed by atoms with Gasteiger partial charge in [-0.05, 0) is 74.4 Å². The van der Waals surface area contributed by atoms with Crippen LogP contribution in [0.5, 0.6) is 5.75 Å². The molecule has 0 N–H and O–H groups in total. The van der Waals surface area contributed by atoms with Crippen molar-refractivity contribution in [2.75, 3.05) is 19.7 Å². The molecule has 4 rings (SSSR count). The second-order valence-electron chi connectivity index (χ2n) is 9.35. The molecule has 1 aromatic heterocycles. The number of aryl methyl sites for hydroxylation is 2. The van der Waals surface area contributed by atoms with Crippen LogP contribution in [0.1, 0.15) is 47.9 Å². The van der Waals surface area contributed by atoms with E-state index in [4.69, 9.17) is 4.74 Å². The smallest absolute Gasteiger partial charge is 0.243 e. The summed E-state index contributed by atoms with van der Waals surface area (Å²) in [7, 11) is -3.83. The molecule has 1 aliphatic heterocycles. The number of carbonyl (C=O) groups excluding carboxylic acids is 1. The number of carbonyl (C=O) groups is 1. The van der Waals surface area contributed by atoms with Crippen LogP contribution in [0.25, 0.3) is 0 Å². The highest BCUT2D eigenvalue weighted by Crippen LogP contribution is 2.34. The number of nitrogens with zero attached hydrogens (tertiary/aromatic N) is 2. The van der Waals surface area contributed by atoms with E-state index in [0.29, 0.717) is 19.6 Å². The second-order valence-corrected chi connectivity index (χ2v) is 12.2. The largest absolute Gasteiger partial charge is 0.491 e. The Hall–Kier alpha value is -2.68. The molecule has 0 bridgehead atoms. The normalized spacial score (nSPS) is 16.6. The summed E-state index contributed by atoms with van der Waals surface area (Å²) < 4.78 is 34.7. The predicted octanol–water partition coefficient (Wildman–Crippen LogP) is 5.36. The van der Waals surface area contributed by atoms with E-state index in [1.54, 1.807) is 40.5 Å². The maximum absolute atomic E-state index is 13.7. The summed E-state index contributed by atoms with van der Waals surface area (Å²) in [5.41, 5.74) is 3.10. The molecular formula is C28H34N2O4S2. The summed E-state index contributed by atoms with van der Waals surface area (Å²) in [5, 5.41) is 2.05. The van der Waals surface area contributed by atoms with Crippen molar-refractivity contribution < 1.29 is 17.9 Å². The highest BCUT2D eigenvalue weighted by Gasteiger charge is 2.36. The minimum Gasteiger partial charge on any atom is -0.491 e. The van der Waals surface area contributed by atoms with Gasteiger partial charge in [0.15, 0.2) is 0 Å². The lowest BCUT2D eigenvalue weighted by molar-refractivity contribution is -0.135. The van der Waals surface area contributed by atoms with E-state index in [1.807, 2.05) is 57.3 Å². The van der Waals surface area contributed by atoms with E-state index < -0.39 is 10.0 Å². The van der Waals surface area contributed by atoms with Gasteiger partial charge in [-0.15, -0.1) is 11.3 Å². The SMILES string of the molecule is CCC(C)N(CC(=O)N1CCc2sccc2C1COc1ccccc1C)S(=O)(=O)c1ccc(C)cc1. The van der Waals surface area contributed by atoms with Crippen LogP contribution < -0.4 is 4.74 Å². The first-order valence-corrected chi connectivity index (χ1v) is 14.7. The van der Waals surface area contributed by atoms with Crippen LogP contribution >= 0.6 is 11.3 Å². The Balaban J connectivity index is 1.59. The third kappa shape index (κ3) is 5.51. The summed E-state index contributed by atoms with van der Waals surface area (Å²) in [6, 6.07) is 16.1. The van der Waals surface area contributed by atoms with Crippen molar-refractivity contribution in [3.8, 4) is 5.75 Å².